The SMILES string of the molecule is Cc1cccc([C@@H](C)N[C@H]2CCc3[nH]c4ccc(F)cc4c3C2)c1. The third kappa shape index (κ3) is 2.84. The van der Waals surface area contributed by atoms with Crippen LogP contribution in [-0.4, -0.2) is 11.0 Å². The van der Waals surface area contributed by atoms with Crippen molar-refractivity contribution in [2.24, 2.45) is 0 Å². The molecule has 2 atom stereocenters. The predicted octanol–water partition coefficient (Wildman–Crippen LogP) is 4.82. The van der Waals surface area contributed by atoms with Crippen molar-refractivity contribution in [1.82, 2.24) is 10.3 Å². The maximum atomic E-state index is 13.6. The van der Waals surface area contributed by atoms with Gasteiger partial charge in [-0.3, -0.25) is 0 Å². The highest BCUT2D eigenvalue weighted by molar-refractivity contribution is 5.85. The number of fused-ring (bicyclic) bond motifs is 3. The van der Waals surface area contributed by atoms with Crippen LogP contribution in [0.2, 0.25) is 0 Å². The van der Waals surface area contributed by atoms with Crippen LogP contribution in [0.4, 0.5) is 4.39 Å². The minimum absolute atomic E-state index is 0.160. The summed E-state index contributed by atoms with van der Waals surface area (Å²) in [4.78, 5) is 3.46. The first-order valence-corrected chi connectivity index (χ1v) is 8.72. The van der Waals surface area contributed by atoms with Crippen molar-refractivity contribution in [3.05, 3.63) is 70.7 Å². The normalized spacial score (nSPS) is 18.5. The number of hydrogen-bond donors (Lipinski definition) is 2. The molecule has 2 N–H and O–H groups in total. The maximum absolute atomic E-state index is 13.6. The van der Waals surface area contributed by atoms with E-state index in [1.807, 2.05) is 6.07 Å². The van der Waals surface area contributed by atoms with Crippen LogP contribution in [-0.2, 0) is 12.8 Å². The molecule has 124 valence electrons. The van der Waals surface area contributed by atoms with Crippen molar-refractivity contribution < 1.29 is 4.39 Å². The fourth-order valence-electron chi connectivity index (χ4n) is 3.92. The molecule has 24 heavy (non-hydrogen) atoms. The molecule has 1 aliphatic carbocycles. The van der Waals surface area contributed by atoms with E-state index in [1.165, 1.54) is 28.5 Å². The second-order valence-corrected chi connectivity index (χ2v) is 7.01. The summed E-state index contributed by atoms with van der Waals surface area (Å²) in [6, 6.07) is 14.5. The highest BCUT2D eigenvalue weighted by atomic mass is 19.1. The lowest BCUT2D eigenvalue weighted by Crippen LogP contribution is -2.36. The Kier molecular flexibility index (Phi) is 3.89. The molecule has 3 heteroatoms. The van der Waals surface area contributed by atoms with Gasteiger partial charge in [-0.1, -0.05) is 29.8 Å². The Morgan fingerprint density at radius 3 is 2.92 bits per heavy atom. The first-order valence-electron chi connectivity index (χ1n) is 8.72. The first kappa shape index (κ1) is 15.4. The average molecular weight is 322 g/mol. The van der Waals surface area contributed by atoms with Crippen LogP contribution in [0.1, 0.15) is 41.8 Å². The largest absolute Gasteiger partial charge is 0.358 e. The maximum Gasteiger partial charge on any atom is 0.123 e. The second kappa shape index (κ2) is 6.06. The third-order valence-electron chi connectivity index (χ3n) is 5.18. The van der Waals surface area contributed by atoms with Gasteiger partial charge in [0.15, 0.2) is 0 Å². The summed E-state index contributed by atoms with van der Waals surface area (Å²) in [7, 11) is 0. The average Bonchev–Trinajstić information content (AvgIpc) is 2.92. The fraction of sp³-hybridized carbons (Fsp3) is 0.333. The summed E-state index contributed by atoms with van der Waals surface area (Å²) >= 11 is 0. The second-order valence-electron chi connectivity index (χ2n) is 7.01. The molecule has 0 fully saturated rings. The molecule has 3 aromatic rings. The van der Waals surface area contributed by atoms with Crippen LogP contribution < -0.4 is 5.32 Å². The van der Waals surface area contributed by atoms with Crippen molar-refractivity contribution in [3.63, 3.8) is 0 Å². The van der Waals surface area contributed by atoms with Gasteiger partial charge in [0.2, 0.25) is 0 Å². The molecular formula is C21H23FN2. The quantitative estimate of drug-likeness (QED) is 0.710. The van der Waals surface area contributed by atoms with Crippen molar-refractivity contribution in [2.75, 3.05) is 0 Å². The van der Waals surface area contributed by atoms with E-state index in [0.717, 1.165) is 30.2 Å². The van der Waals surface area contributed by atoms with E-state index in [0.29, 0.717) is 12.1 Å². The summed E-state index contributed by atoms with van der Waals surface area (Å²) in [5.74, 6) is -0.160. The Hall–Kier alpha value is -2.13. The van der Waals surface area contributed by atoms with Gasteiger partial charge in [-0.2, -0.15) is 0 Å². The Balaban J connectivity index is 1.55. The van der Waals surface area contributed by atoms with Crippen LogP contribution >= 0.6 is 0 Å². The van der Waals surface area contributed by atoms with Crippen LogP contribution in [0, 0.1) is 12.7 Å². The van der Waals surface area contributed by atoms with Gasteiger partial charge in [0, 0.05) is 28.7 Å². The molecule has 0 aliphatic heterocycles. The number of benzene rings is 2. The predicted molar refractivity (Wildman–Crippen MR) is 96.8 cm³/mol. The Morgan fingerprint density at radius 1 is 1.21 bits per heavy atom. The van der Waals surface area contributed by atoms with Gasteiger partial charge in [-0.25, -0.2) is 4.39 Å². The van der Waals surface area contributed by atoms with Crippen molar-refractivity contribution in [2.45, 2.75) is 45.2 Å². The van der Waals surface area contributed by atoms with E-state index in [9.17, 15) is 4.39 Å². The molecule has 1 heterocycles. The number of hydrogen-bond acceptors (Lipinski definition) is 1. The van der Waals surface area contributed by atoms with Gasteiger partial charge in [-0.15, -0.1) is 0 Å². The minimum Gasteiger partial charge on any atom is -0.358 e. The minimum atomic E-state index is -0.160. The van der Waals surface area contributed by atoms with Crippen molar-refractivity contribution >= 4 is 10.9 Å². The van der Waals surface area contributed by atoms with E-state index in [-0.39, 0.29) is 5.82 Å². The third-order valence-corrected chi connectivity index (χ3v) is 5.18. The number of rotatable bonds is 3. The zero-order valence-electron chi connectivity index (χ0n) is 14.2. The lowest BCUT2D eigenvalue weighted by atomic mass is 9.90. The summed E-state index contributed by atoms with van der Waals surface area (Å²) in [6.45, 7) is 4.35. The van der Waals surface area contributed by atoms with E-state index >= 15 is 0 Å². The molecule has 2 aromatic carbocycles. The molecule has 1 aromatic heterocycles. The lowest BCUT2D eigenvalue weighted by molar-refractivity contribution is 0.413. The van der Waals surface area contributed by atoms with Crippen LogP contribution in [0.15, 0.2) is 42.5 Å². The number of aromatic nitrogens is 1. The molecule has 0 unspecified atom stereocenters. The van der Waals surface area contributed by atoms with Gasteiger partial charge >= 0.3 is 0 Å². The summed E-state index contributed by atoms with van der Waals surface area (Å²) in [5, 5.41) is 4.81. The number of aryl methyl sites for hydroxylation is 2. The molecule has 0 amide bonds. The topological polar surface area (TPSA) is 27.8 Å². The summed E-state index contributed by atoms with van der Waals surface area (Å²) in [5.41, 5.74) is 6.22. The highest BCUT2D eigenvalue weighted by Crippen LogP contribution is 2.30. The molecular weight excluding hydrogens is 299 g/mol. The molecule has 0 saturated heterocycles. The van der Waals surface area contributed by atoms with Crippen molar-refractivity contribution in [1.29, 1.82) is 0 Å². The molecule has 2 nitrogen and oxygen atoms in total. The smallest absolute Gasteiger partial charge is 0.123 e. The molecule has 4 rings (SSSR count). The van der Waals surface area contributed by atoms with Crippen LogP contribution in [0.5, 0.6) is 0 Å². The van der Waals surface area contributed by atoms with Crippen LogP contribution in [0.25, 0.3) is 10.9 Å². The van der Waals surface area contributed by atoms with E-state index in [2.05, 4.69) is 48.4 Å². The van der Waals surface area contributed by atoms with Gasteiger partial charge < -0.3 is 10.3 Å². The Bertz CT molecular complexity index is 881. The molecule has 0 spiro atoms. The van der Waals surface area contributed by atoms with Gasteiger partial charge in [-0.05, 0) is 62.4 Å². The Morgan fingerprint density at radius 2 is 2.08 bits per heavy atom. The summed E-state index contributed by atoms with van der Waals surface area (Å²) < 4.78 is 13.6. The monoisotopic (exact) mass is 322 g/mol. The van der Waals surface area contributed by atoms with Gasteiger partial charge in [0.25, 0.3) is 0 Å². The number of nitrogens with one attached hydrogen (secondary N) is 2. The Labute approximate surface area is 142 Å². The lowest BCUT2D eigenvalue weighted by Gasteiger charge is -2.27. The van der Waals surface area contributed by atoms with Gasteiger partial charge in [0.1, 0.15) is 5.82 Å². The fourth-order valence-corrected chi connectivity index (χ4v) is 3.92. The number of halogens is 1. The van der Waals surface area contributed by atoms with Gasteiger partial charge in [0.05, 0.1) is 0 Å². The molecule has 0 radical (unpaired) electrons. The number of aromatic amines is 1. The highest BCUT2D eigenvalue weighted by Gasteiger charge is 2.24. The van der Waals surface area contributed by atoms with E-state index in [1.54, 1.807) is 6.07 Å². The zero-order chi connectivity index (χ0) is 16.7. The number of H-pyrrole nitrogens is 1. The van der Waals surface area contributed by atoms with Crippen molar-refractivity contribution in [3.8, 4) is 0 Å². The summed E-state index contributed by atoms with van der Waals surface area (Å²) in [6.07, 6.45) is 3.08. The standard InChI is InChI=1S/C21H23FN2/c1-13-4-3-5-15(10-13)14(2)23-17-7-9-21-19(12-17)18-11-16(22)6-8-20(18)24-21/h3-6,8,10-11,14,17,23-24H,7,9,12H2,1-2H3/t14-,17+/m1/s1. The van der Waals surface area contributed by atoms with E-state index in [4.69, 9.17) is 0 Å². The molecule has 1 aliphatic rings. The zero-order valence-corrected chi connectivity index (χ0v) is 14.2. The molecule has 0 bridgehead atoms. The van der Waals surface area contributed by atoms with Crippen LogP contribution in [0.3, 0.4) is 0 Å². The first-order chi connectivity index (χ1) is 11.6. The van der Waals surface area contributed by atoms with E-state index < -0.39 is 0 Å². The molecule has 0 saturated carbocycles.